The zero-order chi connectivity index (χ0) is 15.6. The lowest BCUT2D eigenvalue weighted by Crippen LogP contribution is -2.24. The molecule has 5 heteroatoms. The summed E-state index contributed by atoms with van der Waals surface area (Å²) in [4.78, 5) is 0.136. The topological polar surface area (TPSA) is 43.4 Å². The molecule has 0 heterocycles. The fourth-order valence-corrected chi connectivity index (χ4v) is 3.69. The lowest BCUT2D eigenvalue weighted by Gasteiger charge is -2.28. The van der Waals surface area contributed by atoms with Crippen LogP contribution in [-0.2, 0) is 9.05 Å². The lowest BCUT2D eigenvalue weighted by molar-refractivity contribution is 0.127. The Hall–Kier alpha value is -0.740. The van der Waals surface area contributed by atoms with Gasteiger partial charge in [-0.1, -0.05) is 27.2 Å². The number of halogens is 1. The molecule has 1 saturated carbocycles. The molecule has 1 aliphatic carbocycles. The Morgan fingerprint density at radius 1 is 1.29 bits per heavy atom. The molecule has 118 valence electrons. The molecule has 3 nitrogen and oxygen atoms in total. The molecule has 0 amide bonds. The highest BCUT2D eigenvalue weighted by Gasteiger charge is 2.22. The maximum Gasteiger partial charge on any atom is 0.261 e. The van der Waals surface area contributed by atoms with E-state index in [1.54, 1.807) is 12.1 Å². The van der Waals surface area contributed by atoms with Gasteiger partial charge in [-0.2, -0.15) is 0 Å². The van der Waals surface area contributed by atoms with E-state index in [0.29, 0.717) is 5.92 Å². The van der Waals surface area contributed by atoms with E-state index >= 15 is 0 Å². The summed E-state index contributed by atoms with van der Waals surface area (Å²) in [5.74, 6) is 1.65. The molecular weight excluding hydrogens is 308 g/mol. The van der Waals surface area contributed by atoms with Gasteiger partial charge in [0, 0.05) is 10.7 Å². The van der Waals surface area contributed by atoms with Gasteiger partial charge in [-0.05, 0) is 54.9 Å². The van der Waals surface area contributed by atoms with Gasteiger partial charge in [-0.3, -0.25) is 0 Å². The van der Waals surface area contributed by atoms with Crippen LogP contribution in [0.15, 0.2) is 23.1 Å². The second kappa shape index (κ2) is 6.57. The molecule has 2 unspecified atom stereocenters. The minimum atomic E-state index is -3.70. The first-order chi connectivity index (χ1) is 9.77. The van der Waals surface area contributed by atoms with Gasteiger partial charge in [0.05, 0.1) is 11.0 Å². The largest absolute Gasteiger partial charge is 0.490 e. The number of hydrogen-bond acceptors (Lipinski definition) is 3. The van der Waals surface area contributed by atoms with Crippen LogP contribution < -0.4 is 4.74 Å². The minimum absolute atomic E-state index is 0.136. The van der Waals surface area contributed by atoms with Crippen molar-refractivity contribution in [2.75, 3.05) is 0 Å². The average molecular weight is 331 g/mol. The maximum absolute atomic E-state index is 11.5. The van der Waals surface area contributed by atoms with E-state index in [1.807, 2.05) is 13.8 Å². The molecule has 0 radical (unpaired) electrons. The summed E-state index contributed by atoms with van der Waals surface area (Å²) >= 11 is 0. The van der Waals surface area contributed by atoms with Gasteiger partial charge in [0.25, 0.3) is 9.05 Å². The van der Waals surface area contributed by atoms with Crippen LogP contribution in [0, 0.1) is 5.92 Å². The predicted octanol–water partition coefficient (Wildman–Crippen LogP) is 4.70. The first kappa shape index (κ1) is 16.6. The third kappa shape index (κ3) is 4.36. The van der Waals surface area contributed by atoms with Crippen molar-refractivity contribution in [3.63, 3.8) is 0 Å². The zero-order valence-electron chi connectivity index (χ0n) is 12.8. The second-order valence-corrected chi connectivity index (χ2v) is 8.87. The SMILES string of the molecule is CC1CCCC(Oc2ccc(S(=O)(=O)Cl)cc2C(C)C)C1. The molecule has 0 bridgehead atoms. The van der Waals surface area contributed by atoms with Crippen molar-refractivity contribution in [1.82, 2.24) is 0 Å². The summed E-state index contributed by atoms with van der Waals surface area (Å²) in [7, 11) is 1.73. The van der Waals surface area contributed by atoms with Gasteiger partial charge >= 0.3 is 0 Å². The van der Waals surface area contributed by atoms with Gasteiger partial charge in [-0.25, -0.2) is 8.42 Å². The van der Waals surface area contributed by atoms with Gasteiger partial charge < -0.3 is 4.74 Å². The monoisotopic (exact) mass is 330 g/mol. The number of rotatable bonds is 4. The molecule has 1 aromatic rings. The molecule has 1 fully saturated rings. The summed E-state index contributed by atoms with van der Waals surface area (Å²) in [5, 5.41) is 0. The highest BCUT2D eigenvalue weighted by Crippen LogP contribution is 2.34. The van der Waals surface area contributed by atoms with Crippen LogP contribution in [0.4, 0.5) is 0 Å². The van der Waals surface area contributed by atoms with Crippen molar-refractivity contribution in [1.29, 1.82) is 0 Å². The number of ether oxygens (including phenoxy) is 1. The fraction of sp³-hybridized carbons (Fsp3) is 0.625. The van der Waals surface area contributed by atoms with E-state index < -0.39 is 9.05 Å². The third-order valence-corrected chi connectivity index (χ3v) is 5.42. The molecule has 0 N–H and O–H groups in total. The summed E-state index contributed by atoms with van der Waals surface area (Å²) in [6.45, 7) is 6.30. The predicted molar refractivity (Wildman–Crippen MR) is 85.6 cm³/mol. The van der Waals surface area contributed by atoms with Crippen LogP contribution in [-0.4, -0.2) is 14.5 Å². The fourth-order valence-electron chi connectivity index (χ4n) is 2.90. The standard InChI is InChI=1S/C16H23ClO3S/c1-11(2)15-10-14(21(17,18)19)7-8-16(15)20-13-6-4-5-12(3)9-13/h7-8,10-13H,4-6,9H2,1-3H3. The van der Waals surface area contributed by atoms with Crippen LogP contribution in [0.2, 0.25) is 0 Å². The van der Waals surface area contributed by atoms with Crippen LogP contribution in [0.3, 0.4) is 0 Å². The van der Waals surface area contributed by atoms with Crippen LogP contribution in [0.1, 0.15) is 57.9 Å². The first-order valence-electron chi connectivity index (χ1n) is 7.52. The van der Waals surface area contributed by atoms with Crippen LogP contribution >= 0.6 is 10.7 Å². The molecular formula is C16H23ClO3S. The molecule has 0 saturated heterocycles. The van der Waals surface area contributed by atoms with Gasteiger partial charge in [0.15, 0.2) is 0 Å². The van der Waals surface area contributed by atoms with Gasteiger partial charge in [0.2, 0.25) is 0 Å². The van der Waals surface area contributed by atoms with Crippen molar-refractivity contribution >= 4 is 19.7 Å². The summed E-state index contributed by atoms with van der Waals surface area (Å²) < 4.78 is 29.1. The summed E-state index contributed by atoms with van der Waals surface area (Å²) in [6.07, 6.45) is 4.81. The molecule has 0 spiro atoms. The van der Waals surface area contributed by atoms with Crippen molar-refractivity contribution < 1.29 is 13.2 Å². The van der Waals surface area contributed by atoms with E-state index in [4.69, 9.17) is 15.4 Å². The normalized spacial score (nSPS) is 23.3. The molecule has 2 rings (SSSR count). The quantitative estimate of drug-likeness (QED) is 0.752. The van der Waals surface area contributed by atoms with Crippen molar-refractivity contribution in [3.8, 4) is 5.75 Å². The Kier molecular flexibility index (Phi) is 5.20. The van der Waals surface area contributed by atoms with Gasteiger partial charge in [-0.15, -0.1) is 0 Å². The highest BCUT2D eigenvalue weighted by atomic mass is 35.7. The lowest BCUT2D eigenvalue weighted by atomic mass is 9.88. The number of hydrogen-bond donors (Lipinski definition) is 0. The van der Waals surface area contributed by atoms with E-state index in [9.17, 15) is 8.42 Å². The Bertz CT molecular complexity index is 596. The Morgan fingerprint density at radius 2 is 2.00 bits per heavy atom. The molecule has 0 aromatic heterocycles. The second-order valence-electron chi connectivity index (χ2n) is 6.30. The minimum Gasteiger partial charge on any atom is -0.490 e. The van der Waals surface area contributed by atoms with E-state index in [1.165, 1.54) is 18.9 Å². The highest BCUT2D eigenvalue weighted by molar-refractivity contribution is 8.13. The average Bonchev–Trinajstić information content (AvgIpc) is 2.37. The van der Waals surface area contributed by atoms with E-state index in [2.05, 4.69) is 6.92 Å². The Balaban J connectivity index is 2.26. The molecule has 1 aliphatic rings. The van der Waals surface area contributed by atoms with Crippen molar-refractivity contribution in [2.24, 2.45) is 5.92 Å². The molecule has 0 aliphatic heterocycles. The van der Waals surface area contributed by atoms with Crippen molar-refractivity contribution in [2.45, 2.75) is 63.4 Å². The Labute approximate surface area is 132 Å². The Morgan fingerprint density at radius 3 is 2.57 bits per heavy atom. The van der Waals surface area contributed by atoms with Crippen LogP contribution in [0.5, 0.6) is 5.75 Å². The molecule has 21 heavy (non-hydrogen) atoms. The van der Waals surface area contributed by atoms with E-state index in [-0.39, 0.29) is 16.9 Å². The molecule has 2 atom stereocenters. The summed E-state index contributed by atoms with van der Waals surface area (Å²) in [6, 6.07) is 4.90. The van der Waals surface area contributed by atoms with Crippen molar-refractivity contribution in [3.05, 3.63) is 23.8 Å². The smallest absolute Gasteiger partial charge is 0.261 e. The third-order valence-electron chi connectivity index (χ3n) is 4.07. The zero-order valence-corrected chi connectivity index (χ0v) is 14.4. The number of benzene rings is 1. The van der Waals surface area contributed by atoms with Crippen LogP contribution in [0.25, 0.3) is 0 Å². The summed E-state index contributed by atoms with van der Waals surface area (Å²) in [5.41, 5.74) is 0.898. The van der Waals surface area contributed by atoms with E-state index in [0.717, 1.165) is 24.2 Å². The molecule has 1 aromatic carbocycles. The maximum atomic E-state index is 11.5. The van der Waals surface area contributed by atoms with Gasteiger partial charge in [0.1, 0.15) is 5.75 Å². The first-order valence-corrected chi connectivity index (χ1v) is 9.83.